The third-order valence-corrected chi connectivity index (χ3v) is 6.55. The van der Waals surface area contributed by atoms with Gasteiger partial charge in [0.25, 0.3) is 5.91 Å². The van der Waals surface area contributed by atoms with Crippen molar-refractivity contribution < 1.29 is 36.6 Å². The van der Waals surface area contributed by atoms with Crippen LogP contribution in [-0.2, 0) is 14.6 Å². The van der Waals surface area contributed by atoms with Gasteiger partial charge in [-0.3, -0.25) is 4.79 Å². The van der Waals surface area contributed by atoms with E-state index < -0.39 is 27.5 Å². The van der Waals surface area contributed by atoms with Gasteiger partial charge in [-0.1, -0.05) is 23.2 Å². The van der Waals surface area contributed by atoms with Crippen molar-refractivity contribution in [3.8, 4) is 0 Å². The van der Waals surface area contributed by atoms with E-state index in [1.165, 1.54) is 18.2 Å². The fraction of sp³-hybridized carbons (Fsp3) is 0.278. The highest BCUT2D eigenvalue weighted by molar-refractivity contribution is 7.91. The molecule has 1 atom stereocenters. The van der Waals surface area contributed by atoms with Crippen molar-refractivity contribution in [2.45, 2.75) is 28.5 Å². The summed E-state index contributed by atoms with van der Waals surface area (Å²) < 4.78 is 64.0. The third-order valence-electron chi connectivity index (χ3n) is 4.17. The number of alkyl halides is 3. The minimum Gasteiger partial charge on any atom is -0.395 e. The second-order valence-electron chi connectivity index (χ2n) is 6.46. The van der Waals surface area contributed by atoms with Crippen molar-refractivity contribution >= 4 is 50.3 Å². The number of sulfone groups is 1. The molecule has 0 radical (unpaired) electrons. The molecule has 170 valence electrons. The van der Waals surface area contributed by atoms with Crippen LogP contribution in [0.15, 0.2) is 46.2 Å². The van der Waals surface area contributed by atoms with E-state index in [9.17, 15) is 31.5 Å². The van der Waals surface area contributed by atoms with Crippen LogP contribution in [0.5, 0.6) is 0 Å². The molecule has 31 heavy (non-hydrogen) atoms. The summed E-state index contributed by atoms with van der Waals surface area (Å²) in [5.41, 5.74) is -3.59. The first-order chi connectivity index (χ1) is 14.2. The van der Waals surface area contributed by atoms with E-state index in [0.717, 1.165) is 18.2 Å². The molecule has 0 heterocycles. The van der Waals surface area contributed by atoms with E-state index in [-0.39, 0.29) is 45.6 Å². The second-order valence-corrected chi connectivity index (χ2v) is 9.23. The number of hydrogen-bond acceptors (Lipinski definition) is 6. The predicted octanol–water partition coefficient (Wildman–Crippen LogP) is 3.48. The quantitative estimate of drug-likeness (QED) is 0.462. The lowest BCUT2D eigenvalue weighted by Crippen LogP contribution is -2.52. The van der Waals surface area contributed by atoms with Gasteiger partial charge >= 0.3 is 6.18 Å². The summed E-state index contributed by atoms with van der Waals surface area (Å²) in [4.78, 5) is 11.3. The average molecular weight is 501 g/mol. The van der Waals surface area contributed by atoms with Gasteiger partial charge in [-0.25, -0.2) is 8.42 Å². The molecule has 0 aliphatic heterocycles. The molecule has 4 N–H and O–H groups in total. The zero-order valence-electron chi connectivity index (χ0n) is 15.8. The van der Waals surface area contributed by atoms with Gasteiger partial charge in [0, 0.05) is 6.54 Å². The van der Waals surface area contributed by atoms with Crippen LogP contribution in [-0.4, -0.2) is 49.5 Å². The van der Waals surface area contributed by atoms with Crippen LogP contribution in [0.25, 0.3) is 0 Å². The Bertz CT molecular complexity index is 1090. The Labute approximate surface area is 185 Å². The molecule has 0 unspecified atom stereocenters. The molecule has 0 aromatic heterocycles. The lowest BCUT2D eigenvalue weighted by Gasteiger charge is -2.25. The van der Waals surface area contributed by atoms with Crippen LogP contribution in [0.4, 0.5) is 24.5 Å². The number of halogens is 5. The highest BCUT2D eigenvalue weighted by atomic mass is 35.5. The normalized spacial score (nSPS) is 14.1. The topological polar surface area (TPSA) is 116 Å². The molecule has 0 aliphatic rings. The lowest BCUT2D eigenvalue weighted by molar-refractivity contribution is -0.242. The minimum atomic E-state index is -5.23. The number of benzene rings is 2. The number of amides is 1. The van der Waals surface area contributed by atoms with E-state index in [0.29, 0.717) is 5.69 Å². The summed E-state index contributed by atoms with van der Waals surface area (Å²) in [5.74, 6) is -1.78. The zero-order chi connectivity index (χ0) is 23.6. The molecule has 2 rings (SSSR count). The van der Waals surface area contributed by atoms with Crippen molar-refractivity contribution in [2.75, 3.05) is 23.8 Å². The molecule has 0 bridgehead atoms. The highest BCUT2D eigenvalue weighted by Crippen LogP contribution is 2.34. The van der Waals surface area contributed by atoms with Gasteiger partial charge in [0.1, 0.15) is 0 Å². The van der Waals surface area contributed by atoms with Gasteiger partial charge in [0.2, 0.25) is 15.4 Å². The molecule has 13 heteroatoms. The molecule has 1 amide bonds. The summed E-state index contributed by atoms with van der Waals surface area (Å²) in [6.07, 6.45) is -5.23. The maximum Gasteiger partial charge on any atom is 0.426 e. The number of aliphatic hydroxyl groups excluding tert-OH is 1. The second kappa shape index (κ2) is 9.21. The molecule has 2 aromatic rings. The SMILES string of the molecule is C[C@@](O)(C(=O)Nc1ccc(S(=O)(=O)c2ccc(NCCO)c(Cl)c2)cc1Cl)C(F)(F)F. The van der Waals surface area contributed by atoms with Gasteiger partial charge in [0.05, 0.1) is 37.8 Å². The first-order valence-corrected chi connectivity index (χ1v) is 10.7. The van der Waals surface area contributed by atoms with Crippen LogP contribution in [0.3, 0.4) is 0 Å². The molecule has 7 nitrogen and oxygen atoms in total. The summed E-state index contributed by atoms with van der Waals surface area (Å²) >= 11 is 12.0. The van der Waals surface area contributed by atoms with Crippen LogP contribution in [0, 0.1) is 0 Å². The number of rotatable bonds is 7. The number of hydrogen-bond donors (Lipinski definition) is 4. The molecular formula is C18H17Cl2F3N2O5S. The Morgan fingerprint density at radius 3 is 1.94 bits per heavy atom. The number of anilines is 2. The molecule has 0 saturated heterocycles. The number of carbonyl (C=O) groups is 1. The third kappa shape index (κ3) is 5.42. The maximum atomic E-state index is 12.8. The number of carbonyl (C=O) groups excluding carboxylic acids is 1. The first kappa shape index (κ1) is 25.2. The van der Waals surface area contributed by atoms with E-state index in [4.69, 9.17) is 28.3 Å². The zero-order valence-corrected chi connectivity index (χ0v) is 18.1. The average Bonchev–Trinajstić information content (AvgIpc) is 2.67. The Morgan fingerprint density at radius 2 is 1.52 bits per heavy atom. The van der Waals surface area contributed by atoms with Crippen LogP contribution < -0.4 is 10.6 Å². The monoisotopic (exact) mass is 500 g/mol. The molecule has 0 spiro atoms. The van der Waals surface area contributed by atoms with E-state index >= 15 is 0 Å². The standard InChI is InChI=1S/C18H17Cl2F3N2O5S/c1-17(28,18(21,22)23)16(27)25-15-5-3-11(9-13(15)20)31(29,30)10-2-4-14(12(19)8-10)24-6-7-26/h2-5,8-9,24,26,28H,6-7H2,1H3,(H,25,27)/t17-/m1/s1. The Hall–Kier alpha value is -2.05. The molecule has 2 aromatic carbocycles. The Kier molecular flexibility index (Phi) is 7.49. The van der Waals surface area contributed by atoms with Gasteiger partial charge in [-0.15, -0.1) is 0 Å². The minimum absolute atomic E-state index is 0.0823. The van der Waals surface area contributed by atoms with Crippen molar-refractivity contribution in [1.82, 2.24) is 0 Å². The molecule has 0 fully saturated rings. The predicted molar refractivity (Wildman–Crippen MR) is 109 cm³/mol. The number of aliphatic hydroxyl groups is 2. The van der Waals surface area contributed by atoms with Gasteiger partial charge < -0.3 is 20.8 Å². The highest BCUT2D eigenvalue weighted by Gasteiger charge is 2.55. The summed E-state index contributed by atoms with van der Waals surface area (Å²) in [6.45, 7) is 0.323. The van der Waals surface area contributed by atoms with Gasteiger partial charge in [0.15, 0.2) is 0 Å². The van der Waals surface area contributed by atoms with E-state index in [1.807, 2.05) is 5.32 Å². The maximum absolute atomic E-state index is 12.8. The summed E-state index contributed by atoms with van der Waals surface area (Å²) in [5, 5.41) is 22.6. The van der Waals surface area contributed by atoms with E-state index in [2.05, 4.69) is 5.32 Å². The fourth-order valence-electron chi connectivity index (χ4n) is 2.27. The first-order valence-electron chi connectivity index (χ1n) is 8.51. The smallest absolute Gasteiger partial charge is 0.395 e. The van der Waals surface area contributed by atoms with Crippen LogP contribution >= 0.6 is 23.2 Å². The fourth-order valence-corrected chi connectivity index (χ4v) is 4.19. The van der Waals surface area contributed by atoms with Crippen molar-refractivity contribution in [1.29, 1.82) is 0 Å². The molecule has 0 aliphatic carbocycles. The van der Waals surface area contributed by atoms with Crippen molar-refractivity contribution in [2.24, 2.45) is 0 Å². The summed E-state index contributed by atoms with van der Waals surface area (Å²) in [7, 11) is -4.11. The molecular weight excluding hydrogens is 484 g/mol. The van der Waals surface area contributed by atoms with Crippen molar-refractivity contribution in [3.63, 3.8) is 0 Å². The van der Waals surface area contributed by atoms with Gasteiger partial charge in [-0.2, -0.15) is 13.2 Å². The van der Waals surface area contributed by atoms with Crippen molar-refractivity contribution in [3.05, 3.63) is 46.4 Å². The Morgan fingerprint density at radius 1 is 1.03 bits per heavy atom. The van der Waals surface area contributed by atoms with Crippen LogP contribution in [0.2, 0.25) is 10.0 Å². The lowest BCUT2D eigenvalue weighted by atomic mass is 10.1. The van der Waals surface area contributed by atoms with Gasteiger partial charge in [-0.05, 0) is 43.3 Å². The van der Waals surface area contributed by atoms with Crippen LogP contribution in [0.1, 0.15) is 6.92 Å². The Balaban J connectivity index is 2.32. The number of nitrogens with one attached hydrogen (secondary N) is 2. The van der Waals surface area contributed by atoms with E-state index in [1.54, 1.807) is 0 Å². The molecule has 0 saturated carbocycles. The summed E-state index contributed by atoms with van der Waals surface area (Å²) in [6, 6.07) is 6.83. The largest absolute Gasteiger partial charge is 0.426 e.